The van der Waals surface area contributed by atoms with Gasteiger partial charge in [-0.25, -0.2) is 0 Å². The van der Waals surface area contributed by atoms with Crippen molar-refractivity contribution in [2.75, 3.05) is 0 Å². The van der Waals surface area contributed by atoms with Crippen LogP contribution in [0.1, 0.15) is 62.3 Å². The van der Waals surface area contributed by atoms with Crippen molar-refractivity contribution in [1.82, 2.24) is 0 Å². The lowest BCUT2D eigenvalue weighted by Gasteiger charge is -2.58. The normalized spacial score (nSPS) is 42.6. The van der Waals surface area contributed by atoms with Crippen molar-refractivity contribution in [1.29, 1.82) is 5.41 Å². The number of allylic oxidation sites excluding steroid dienone is 11. The highest BCUT2D eigenvalue weighted by atomic mass is 16.7. The lowest BCUT2D eigenvalue weighted by Crippen LogP contribution is -2.73. The van der Waals surface area contributed by atoms with Crippen LogP contribution in [0.5, 0.6) is 0 Å². The Kier molecular flexibility index (Phi) is 9.80. The molecule has 294 valence electrons. The van der Waals surface area contributed by atoms with Crippen molar-refractivity contribution in [2.45, 2.75) is 84.9 Å². The number of ketones is 4. The molecule has 0 amide bonds. The number of hydrogen-bond donors (Lipinski definition) is 8. The largest absolute Gasteiger partial charge is 0.511 e. The Morgan fingerprint density at radius 1 is 0.800 bits per heavy atom. The van der Waals surface area contributed by atoms with Gasteiger partial charge in [0.2, 0.25) is 5.79 Å². The molecule has 1 heterocycles. The fourth-order valence-corrected chi connectivity index (χ4v) is 9.82. The van der Waals surface area contributed by atoms with E-state index in [9.17, 15) is 55.5 Å². The number of carbonyl (C=O) groups excluding carboxylic acids is 4. The maximum atomic E-state index is 15.4. The molecule has 4 fully saturated rings. The average molecular weight is 760 g/mol. The molecule has 13 heteroatoms. The summed E-state index contributed by atoms with van der Waals surface area (Å²) in [5, 5.41) is 92.6. The Hall–Kier alpha value is -4.95. The maximum Gasteiger partial charge on any atom is 0.215 e. The minimum atomic E-state index is -3.08. The molecular weight excluding hydrogens is 710 g/mol. The Bertz CT molecular complexity index is 2100. The molecule has 1 saturated heterocycles. The number of rotatable bonds is 7. The minimum Gasteiger partial charge on any atom is -0.511 e. The molecule has 0 spiro atoms. The van der Waals surface area contributed by atoms with Gasteiger partial charge in [-0.2, -0.15) is 0 Å². The summed E-state index contributed by atoms with van der Waals surface area (Å²) in [5.74, 6) is -16.4. The summed E-state index contributed by atoms with van der Waals surface area (Å²) in [7, 11) is 0. The zero-order valence-electron chi connectivity index (χ0n) is 32.3. The first-order chi connectivity index (χ1) is 25.4. The Balaban J connectivity index is 1.89. The number of aliphatic hydroxyl groups excluding tert-OH is 4. The van der Waals surface area contributed by atoms with Crippen molar-refractivity contribution in [3.8, 4) is 0 Å². The van der Waals surface area contributed by atoms with Gasteiger partial charge >= 0.3 is 0 Å². The third-order valence-electron chi connectivity index (χ3n) is 12.6. The lowest BCUT2D eigenvalue weighted by molar-refractivity contribution is -0.308. The second kappa shape index (κ2) is 13.1. The molecule has 0 aromatic carbocycles. The Labute approximate surface area is 318 Å². The number of ether oxygens (including phenoxy) is 1. The first-order valence-corrected chi connectivity index (χ1v) is 18.0. The van der Waals surface area contributed by atoms with Crippen LogP contribution in [-0.4, -0.2) is 87.2 Å². The highest BCUT2D eigenvalue weighted by molar-refractivity contribution is 6.29. The topological polar surface area (TPSA) is 243 Å². The van der Waals surface area contributed by atoms with E-state index in [1.165, 1.54) is 57.2 Å². The van der Waals surface area contributed by atoms with Crippen LogP contribution in [0.25, 0.3) is 0 Å². The standard InChI is InChI=1S/C42H49NO12/c1-10-13-15-18-22(44)25-28-24(21(17-12-3)37(5,34(25)49)36(51)39(28,7)52)30(47)27-32(43)41(9,53)42(54)38(6,35(27)50)31-26(23(45)19-16-14-11-2)29(46)20(4)33(48)40(31,8)55-42/h10-19,21,24,28,31,43-46,50,52-54H,1-9H3/b13-10+,14-11+,17-12-,18-15-,19-16-,25-22+,26-23-,43-32?/t21-,24-,28+,31-,37-,38-,39?,40+,41+,42-/m1/s1. The monoisotopic (exact) mass is 759 g/mol. The fourth-order valence-electron chi connectivity index (χ4n) is 9.82. The second-order valence-electron chi connectivity index (χ2n) is 15.8. The molecule has 6 aliphatic rings. The fraction of sp³-hybridized carbons (Fsp3) is 0.452. The van der Waals surface area contributed by atoms with Crippen molar-refractivity contribution < 1.29 is 59.7 Å². The van der Waals surface area contributed by atoms with Gasteiger partial charge in [0.15, 0.2) is 28.7 Å². The van der Waals surface area contributed by atoms with Gasteiger partial charge in [0.25, 0.3) is 0 Å². The van der Waals surface area contributed by atoms with Crippen LogP contribution in [0, 0.1) is 39.9 Å². The van der Waals surface area contributed by atoms with Gasteiger partial charge in [-0.1, -0.05) is 48.6 Å². The van der Waals surface area contributed by atoms with Crippen LogP contribution in [0.3, 0.4) is 0 Å². The average Bonchev–Trinajstić information content (AvgIpc) is 3.32. The van der Waals surface area contributed by atoms with Crippen LogP contribution >= 0.6 is 0 Å². The summed E-state index contributed by atoms with van der Waals surface area (Å²) >= 11 is 0. The van der Waals surface area contributed by atoms with Crippen LogP contribution in [0.15, 0.2) is 106 Å². The van der Waals surface area contributed by atoms with Gasteiger partial charge in [-0.15, -0.1) is 0 Å². The number of carbonyl (C=O) groups is 4. The van der Waals surface area contributed by atoms with Gasteiger partial charge in [0.05, 0.1) is 22.1 Å². The van der Waals surface area contributed by atoms with Gasteiger partial charge in [-0.05, 0) is 74.5 Å². The lowest BCUT2D eigenvalue weighted by atomic mass is 9.42. The second-order valence-corrected chi connectivity index (χ2v) is 15.8. The molecule has 5 aliphatic carbocycles. The smallest absolute Gasteiger partial charge is 0.215 e. The molecule has 0 aromatic rings. The number of fused-ring (bicyclic) bond motifs is 6. The van der Waals surface area contributed by atoms with Crippen LogP contribution < -0.4 is 0 Å². The van der Waals surface area contributed by atoms with Crippen LogP contribution in [0.2, 0.25) is 0 Å². The molecule has 2 bridgehead atoms. The predicted molar refractivity (Wildman–Crippen MR) is 201 cm³/mol. The number of aliphatic hydroxyl groups is 7. The molecule has 1 aliphatic heterocycles. The van der Waals surface area contributed by atoms with E-state index in [4.69, 9.17) is 4.74 Å². The molecule has 6 rings (SSSR count). The SMILES string of the molecule is C/C=C\[C@@H]1[C@@H](C(=O)C2=C(O)[C@@]3(C)[C@H]4/C(=C(O)/C=C\C=C\C)C(O)=C(C)C(=O)[C@@]4(C)O[C@@]3(O)[C@@](C)(O)C2=N)[C@H]2/C(=C(O)/C=C\C=C\C)C(=O)[C@]1(C)C(=O)C2(C)O. The summed E-state index contributed by atoms with van der Waals surface area (Å²) in [6, 6.07) is 0. The maximum absolute atomic E-state index is 15.4. The third-order valence-corrected chi connectivity index (χ3v) is 12.6. The van der Waals surface area contributed by atoms with E-state index >= 15 is 4.79 Å². The first kappa shape index (κ1) is 41.2. The number of nitrogens with one attached hydrogen (secondary N) is 1. The van der Waals surface area contributed by atoms with Crippen LogP contribution in [-0.2, 0) is 23.9 Å². The summed E-state index contributed by atoms with van der Waals surface area (Å²) in [5.41, 5.74) is -15.3. The predicted octanol–water partition coefficient (Wildman–Crippen LogP) is 4.90. The molecule has 3 saturated carbocycles. The molecular formula is C42H49NO12. The number of Topliss-reactive ketones (excluding diaryl/α,β-unsaturated/α-hetero) is 4. The number of hydrogen-bond acceptors (Lipinski definition) is 13. The highest BCUT2D eigenvalue weighted by Crippen LogP contribution is 2.69. The Morgan fingerprint density at radius 2 is 1.33 bits per heavy atom. The van der Waals surface area contributed by atoms with E-state index in [-0.39, 0.29) is 11.1 Å². The van der Waals surface area contributed by atoms with Crippen molar-refractivity contribution in [3.05, 3.63) is 106 Å². The van der Waals surface area contributed by atoms with E-state index in [1.807, 2.05) is 0 Å². The zero-order chi connectivity index (χ0) is 41.6. The molecule has 13 nitrogen and oxygen atoms in total. The molecule has 0 aromatic heterocycles. The third kappa shape index (κ3) is 4.95. The van der Waals surface area contributed by atoms with E-state index in [0.29, 0.717) is 0 Å². The summed E-state index contributed by atoms with van der Waals surface area (Å²) in [4.78, 5) is 57.6. The Morgan fingerprint density at radius 3 is 1.84 bits per heavy atom. The van der Waals surface area contributed by atoms with E-state index in [2.05, 4.69) is 0 Å². The quantitative estimate of drug-likeness (QED) is 0.0568. The van der Waals surface area contributed by atoms with Gasteiger partial charge in [0, 0.05) is 40.4 Å². The first-order valence-electron chi connectivity index (χ1n) is 18.0. The van der Waals surface area contributed by atoms with E-state index < -0.39 is 120 Å². The van der Waals surface area contributed by atoms with E-state index in [0.717, 1.165) is 20.8 Å². The van der Waals surface area contributed by atoms with Crippen molar-refractivity contribution >= 4 is 28.8 Å². The van der Waals surface area contributed by atoms with Crippen LogP contribution in [0.4, 0.5) is 0 Å². The molecule has 8 N–H and O–H groups in total. The molecule has 55 heavy (non-hydrogen) atoms. The van der Waals surface area contributed by atoms with Gasteiger partial charge in [-0.3, -0.25) is 19.2 Å². The highest BCUT2D eigenvalue weighted by Gasteiger charge is 2.82. The summed E-state index contributed by atoms with van der Waals surface area (Å²) < 4.78 is 6.08. The molecule has 10 atom stereocenters. The molecule has 0 radical (unpaired) electrons. The van der Waals surface area contributed by atoms with Gasteiger partial charge in [0.1, 0.15) is 34.2 Å². The van der Waals surface area contributed by atoms with Crippen molar-refractivity contribution in [2.24, 2.45) is 34.5 Å². The zero-order valence-corrected chi connectivity index (χ0v) is 32.3. The molecule has 1 unspecified atom stereocenters. The summed E-state index contributed by atoms with van der Waals surface area (Å²) in [6.07, 6.45) is 14.5. The van der Waals surface area contributed by atoms with Crippen molar-refractivity contribution in [3.63, 3.8) is 0 Å². The minimum absolute atomic E-state index is 0.278. The van der Waals surface area contributed by atoms with E-state index in [1.54, 1.807) is 45.1 Å². The summed E-state index contributed by atoms with van der Waals surface area (Å²) in [6.45, 7) is 11.9. The van der Waals surface area contributed by atoms with Gasteiger partial charge < -0.3 is 45.9 Å².